The van der Waals surface area contributed by atoms with Crippen molar-refractivity contribution in [3.8, 4) is 11.8 Å². The monoisotopic (exact) mass is 404 g/mol. The van der Waals surface area contributed by atoms with Gasteiger partial charge in [-0.2, -0.15) is 0 Å². The summed E-state index contributed by atoms with van der Waals surface area (Å²) in [5.74, 6) is 8.10. The molecule has 1 fully saturated rings. The minimum Gasteiger partial charge on any atom is -0.0730 e. The molecule has 0 spiro atoms. The van der Waals surface area contributed by atoms with Gasteiger partial charge in [-0.3, -0.25) is 0 Å². The molecule has 1 saturated carbocycles. The summed E-state index contributed by atoms with van der Waals surface area (Å²) in [6, 6.07) is 8.92. The highest BCUT2D eigenvalue weighted by Crippen LogP contribution is 2.32. The second-order valence-electron chi connectivity index (χ2n) is 9.16. The Morgan fingerprint density at radius 3 is 2.17 bits per heavy atom. The Balaban J connectivity index is 1.61. The van der Waals surface area contributed by atoms with Gasteiger partial charge in [0.25, 0.3) is 0 Å². The third-order valence-electron chi connectivity index (χ3n) is 6.55. The van der Waals surface area contributed by atoms with Gasteiger partial charge in [-0.15, -0.1) is 0 Å². The first-order valence-corrected chi connectivity index (χ1v) is 12.7. The second-order valence-corrected chi connectivity index (χ2v) is 9.16. The summed E-state index contributed by atoms with van der Waals surface area (Å²) < 4.78 is 0. The van der Waals surface area contributed by atoms with Gasteiger partial charge in [0.05, 0.1) is 0 Å². The van der Waals surface area contributed by atoms with Crippen LogP contribution in [0.4, 0.5) is 0 Å². The average molecular weight is 405 g/mol. The lowest BCUT2D eigenvalue weighted by atomic mass is 9.79. The van der Waals surface area contributed by atoms with Gasteiger partial charge in [0.2, 0.25) is 0 Å². The highest BCUT2D eigenvalue weighted by Gasteiger charge is 2.18. The maximum atomic E-state index is 3.20. The summed E-state index contributed by atoms with van der Waals surface area (Å²) in [6.07, 6.45) is 27.7. The molecule has 2 rings (SSSR count). The van der Waals surface area contributed by atoms with E-state index < -0.39 is 0 Å². The Labute approximate surface area is 187 Å². The van der Waals surface area contributed by atoms with Crippen molar-refractivity contribution in [2.75, 3.05) is 0 Å². The summed E-state index contributed by atoms with van der Waals surface area (Å²) in [5, 5.41) is 0. The zero-order chi connectivity index (χ0) is 21.3. The average Bonchev–Trinajstić information content (AvgIpc) is 2.78. The molecule has 0 atom stereocenters. The molecule has 0 amide bonds. The molecule has 1 aromatic carbocycles. The van der Waals surface area contributed by atoms with Crippen molar-refractivity contribution < 1.29 is 0 Å². The van der Waals surface area contributed by atoms with Crippen molar-refractivity contribution in [2.24, 2.45) is 11.8 Å². The predicted molar refractivity (Wildman–Crippen MR) is 134 cm³/mol. The number of hydrogen-bond acceptors (Lipinski definition) is 0. The number of rotatable bonds is 12. The molecule has 0 aromatic heterocycles. The normalized spacial score (nSPS) is 19.3. The first-order chi connectivity index (χ1) is 14.8. The molecule has 0 nitrogen and oxygen atoms in total. The zero-order valence-corrected chi connectivity index (χ0v) is 19.7. The first kappa shape index (κ1) is 24.5. The second kappa shape index (κ2) is 16.0. The lowest BCUT2D eigenvalue weighted by Crippen LogP contribution is -2.12. The van der Waals surface area contributed by atoms with Crippen LogP contribution >= 0.6 is 0 Å². The number of benzene rings is 1. The summed E-state index contributed by atoms with van der Waals surface area (Å²) in [5.41, 5.74) is 2.68. The predicted octanol–water partition coefficient (Wildman–Crippen LogP) is 9.16. The number of unbranched alkanes of at least 4 members (excludes halogenated alkanes) is 6. The summed E-state index contributed by atoms with van der Waals surface area (Å²) in [6.45, 7) is 4.55. The van der Waals surface area contributed by atoms with Crippen LogP contribution in [0, 0.1) is 23.7 Å². The van der Waals surface area contributed by atoms with E-state index in [0.29, 0.717) is 0 Å². The van der Waals surface area contributed by atoms with Crippen molar-refractivity contribution in [3.63, 3.8) is 0 Å². The highest BCUT2D eigenvalue weighted by atomic mass is 14.2. The van der Waals surface area contributed by atoms with E-state index in [2.05, 4.69) is 68.2 Å². The van der Waals surface area contributed by atoms with E-state index in [0.717, 1.165) is 11.8 Å². The van der Waals surface area contributed by atoms with E-state index >= 15 is 0 Å². The quantitative estimate of drug-likeness (QED) is 0.240. The molecule has 0 heteroatoms. The molecule has 0 radical (unpaired) electrons. The molecule has 0 N–H and O–H groups in total. The zero-order valence-electron chi connectivity index (χ0n) is 19.7. The number of aryl methyl sites for hydroxylation is 1. The largest absolute Gasteiger partial charge is 0.0730 e. The highest BCUT2D eigenvalue weighted by molar-refractivity contribution is 5.53. The molecule has 30 heavy (non-hydrogen) atoms. The SMILES string of the molecule is CCCCCCCC1CCC(/C=C/C#C/C=C/c2ccc(CCCCC)cc2)CC1. The molecule has 0 saturated heterocycles. The van der Waals surface area contributed by atoms with Gasteiger partial charge in [-0.1, -0.05) is 107 Å². The molecular formula is C30H44. The Morgan fingerprint density at radius 2 is 1.43 bits per heavy atom. The van der Waals surface area contributed by atoms with Crippen LogP contribution in [-0.4, -0.2) is 0 Å². The molecule has 164 valence electrons. The van der Waals surface area contributed by atoms with Crippen LogP contribution in [0.5, 0.6) is 0 Å². The smallest absolute Gasteiger partial charge is 0.0109 e. The Morgan fingerprint density at radius 1 is 0.767 bits per heavy atom. The van der Waals surface area contributed by atoms with Gasteiger partial charge < -0.3 is 0 Å². The minimum absolute atomic E-state index is 0.750. The topological polar surface area (TPSA) is 0 Å². The van der Waals surface area contributed by atoms with E-state index in [9.17, 15) is 0 Å². The number of hydrogen-bond donors (Lipinski definition) is 0. The van der Waals surface area contributed by atoms with E-state index in [-0.39, 0.29) is 0 Å². The van der Waals surface area contributed by atoms with E-state index in [1.807, 2.05) is 6.08 Å². The Bertz CT molecular complexity index is 656. The molecule has 0 unspecified atom stereocenters. The molecule has 1 aliphatic rings. The first-order valence-electron chi connectivity index (χ1n) is 12.7. The Kier molecular flexibility index (Phi) is 13.1. The van der Waals surface area contributed by atoms with Gasteiger partial charge in [-0.25, -0.2) is 0 Å². The Hall–Kier alpha value is -1.74. The van der Waals surface area contributed by atoms with Crippen LogP contribution in [-0.2, 0) is 6.42 Å². The lowest BCUT2D eigenvalue weighted by Gasteiger charge is -2.26. The maximum Gasteiger partial charge on any atom is -0.0109 e. The molecule has 0 heterocycles. The van der Waals surface area contributed by atoms with E-state index in [4.69, 9.17) is 0 Å². The van der Waals surface area contributed by atoms with Crippen LogP contribution < -0.4 is 0 Å². The molecule has 1 aliphatic carbocycles. The van der Waals surface area contributed by atoms with Crippen LogP contribution in [0.1, 0.15) is 108 Å². The minimum atomic E-state index is 0.750. The maximum absolute atomic E-state index is 3.20. The van der Waals surface area contributed by atoms with Gasteiger partial charge in [0.15, 0.2) is 0 Å². The van der Waals surface area contributed by atoms with Crippen LogP contribution in [0.25, 0.3) is 6.08 Å². The van der Waals surface area contributed by atoms with E-state index in [1.165, 1.54) is 101 Å². The van der Waals surface area contributed by atoms with Crippen LogP contribution in [0.3, 0.4) is 0 Å². The van der Waals surface area contributed by atoms with Crippen molar-refractivity contribution in [1.82, 2.24) is 0 Å². The fourth-order valence-corrected chi connectivity index (χ4v) is 4.50. The molecule has 0 bridgehead atoms. The van der Waals surface area contributed by atoms with Gasteiger partial charge >= 0.3 is 0 Å². The lowest BCUT2D eigenvalue weighted by molar-refractivity contribution is 0.288. The van der Waals surface area contributed by atoms with Crippen molar-refractivity contribution >= 4 is 6.08 Å². The van der Waals surface area contributed by atoms with E-state index in [1.54, 1.807) is 0 Å². The van der Waals surface area contributed by atoms with Gasteiger partial charge in [-0.05, 0) is 79.7 Å². The number of allylic oxidation sites excluding steroid dienone is 3. The molecule has 1 aromatic rings. The van der Waals surface area contributed by atoms with Crippen LogP contribution in [0.15, 0.2) is 42.5 Å². The summed E-state index contributed by atoms with van der Waals surface area (Å²) in [4.78, 5) is 0. The third-order valence-corrected chi connectivity index (χ3v) is 6.55. The fourth-order valence-electron chi connectivity index (χ4n) is 4.50. The summed E-state index contributed by atoms with van der Waals surface area (Å²) in [7, 11) is 0. The van der Waals surface area contributed by atoms with Gasteiger partial charge in [0, 0.05) is 0 Å². The third kappa shape index (κ3) is 10.9. The van der Waals surface area contributed by atoms with Crippen LogP contribution in [0.2, 0.25) is 0 Å². The standard InChI is InChI=1S/C30H44/c1-3-5-7-8-12-16-28-23-25-30(26-24-28)18-14-10-9-13-17-29-21-19-27(20-22-29)15-11-6-4-2/h13-14,17-22,28,30H,3-8,11-12,15-16,23-26H2,1-2H3/b17-13+,18-14+. The molecular weight excluding hydrogens is 360 g/mol. The summed E-state index contributed by atoms with van der Waals surface area (Å²) >= 11 is 0. The van der Waals surface area contributed by atoms with Gasteiger partial charge in [0.1, 0.15) is 0 Å². The molecule has 0 aliphatic heterocycles. The van der Waals surface area contributed by atoms with Crippen molar-refractivity contribution in [3.05, 3.63) is 53.6 Å². The van der Waals surface area contributed by atoms with Crippen molar-refractivity contribution in [1.29, 1.82) is 0 Å². The van der Waals surface area contributed by atoms with Crippen molar-refractivity contribution in [2.45, 2.75) is 104 Å². The fraction of sp³-hybridized carbons (Fsp3) is 0.600.